The first-order valence-electron chi connectivity index (χ1n) is 6.04. The summed E-state index contributed by atoms with van der Waals surface area (Å²) in [6.07, 6.45) is 2.31. The summed E-state index contributed by atoms with van der Waals surface area (Å²) in [5.41, 5.74) is 0. The van der Waals surface area contributed by atoms with E-state index in [0.717, 1.165) is 24.3 Å². The average molecular weight is 267 g/mol. The zero-order valence-electron chi connectivity index (χ0n) is 10.1. The van der Waals surface area contributed by atoms with Gasteiger partial charge in [-0.2, -0.15) is 0 Å². The largest absolute Gasteiger partial charge is 0.508 e. The molecule has 1 atom stereocenters. The second-order valence-corrected chi connectivity index (χ2v) is 5.27. The van der Waals surface area contributed by atoms with Crippen LogP contribution in [-0.4, -0.2) is 36.0 Å². The SMILES string of the molecule is O=C(CSc1ccc(O)cc1)NC[C@H]1CCCO1. The Morgan fingerprint density at radius 2 is 2.22 bits per heavy atom. The molecule has 5 heteroatoms. The van der Waals surface area contributed by atoms with E-state index in [4.69, 9.17) is 9.84 Å². The van der Waals surface area contributed by atoms with Crippen LogP contribution in [-0.2, 0) is 9.53 Å². The van der Waals surface area contributed by atoms with Crippen LogP contribution in [0.1, 0.15) is 12.8 Å². The molecule has 1 fully saturated rings. The van der Waals surface area contributed by atoms with Gasteiger partial charge in [-0.25, -0.2) is 0 Å². The van der Waals surface area contributed by atoms with Crippen molar-refractivity contribution in [2.75, 3.05) is 18.9 Å². The van der Waals surface area contributed by atoms with Crippen LogP contribution >= 0.6 is 11.8 Å². The third kappa shape index (κ3) is 4.23. The lowest BCUT2D eigenvalue weighted by atomic mass is 10.2. The molecule has 1 saturated heterocycles. The van der Waals surface area contributed by atoms with Crippen LogP contribution < -0.4 is 5.32 Å². The molecule has 0 aromatic heterocycles. The Bertz CT molecular complexity index is 388. The highest BCUT2D eigenvalue weighted by Crippen LogP contribution is 2.20. The number of nitrogens with one attached hydrogen (secondary N) is 1. The highest BCUT2D eigenvalue weighted by atomic mass is 32.2. The molecule has 1 amide bonds. The van der Waals surface area contributed by atoms with E-state index in [1.807, 2.05) is 0 Å². The third-order valence-electron chi connectivity index (χ3n) is 2.76. The number of carbonyl (C=O) groups is 1. The molecule has 98 valence electrons. The fraction of sp³-hybridized carbons (Fsp3) is 0.462. The van der Waals surface area contributed by atoms with E-state index < -0.39 is 0 Å². The Labute approximate surface area is 111 Å². The standard InChI is InChI=1S/C13H17NO3S/c15-10-3-5-12(6-4-10)18-9-13(16)14-8-11-2-1-7-17-11/h3-6,11,15H,1-2,7-9H2,(H,14,16)/t11-/m1/s1. The van der Waals surface area contributed by atoms with E-state index in [1.165, 1.54) is 11.8 Å². The van der Waals surface area contributed by atoms with E-state index in [1.54, 1.807) is 24.3 Å². The van der Waals surface area contributed by atoms with Gasteiger partial charge >= 0.3 is 0 Å². The minimum Gasteiger partial charge on any atom is -0.508 e. The number of carbonyl (C=O) groups excluding carboxylic acids is 1. The number of rotatable bonds is 5. The molecule has 2 rings (SSSR count). The third-order valence-corrected chi connectivity index (χ3v) is 3.77. The monoisotopic (exact) mass is 267 g/mol. The van der Waals surface area contributed by atoms with Gasteiger partial charge in [-0.05, 0) is 37.1 Å². The number of hydrogen-bond donors (Lipinski definition) is 2. The summed E-state index contributed by atoms with van der Waals surface area (Å²) in [7, 11) is 0. The van der Waals surface area contributed by atoms with Crippen LogP contribution in [0, 0.1) is 0 Å². The predicted molar refractivity (Wildman–Crippen MR) is 70.8 cm³/mol. The lowest BCUT2D eigenvalue weighted by Gasteiger charge is -2.10. The van der Waals surface area contributed by atoms with Crippen molar-refractivity contribution in [1.29, 1.82) is 0 Å². The molecular formula is C13H17NO3S. The maximum absolute atomic E-state index is 11.6. The first-order valence-corrected chi connectivity index (χ1v) is 7.03. The number of amides is 1. The fourth-order valence-corrected chi connectivity index (χ4v) is 2.50. The van der Waals surface area contributed by atoms with Gasteiger partial charge in [0.25, 0.3) is 0 Å². The molecule has 4 nitrogen and oxygen atoms in total. The van der Waals surface area contributed by atoms with Crippen molar-refractivity contribution in [1.82, 2.24) is 5.32 Å². The van der Waals surface area contributed by atoms with Crippen LogP contribution in [0.15, 0.2) is 29.2 Å². The zero-order chi connectivity index (χ0) is 12.8. The molecule has 0 saturated carbocycles. The van der Waals surface area contributed by atoms with Crippen LogP contribution in [0.25, 0.3) is 0 Å². The van der Waals surface area contributed by atoms with Gasteiger partial charge in [0.15, 0.2) is 0 Å². The highest BCUT2D eigenvalue weighted by Gasteiger charge is 2.15. The molecular weight excluding hydrogens is 250 g/mol. The van der Waals surface area contributed by atoms with Gasteiger partial charge in [0, 0.05) is 18.0 Å². The molecule has 2 N–H and O–H groups in total. The Morgan fingerprint density at radius 3 is 2.89 bits per heavy atom. The Morgan fingerprint density at radius 1 is 1.44 bits per heavy atom. The molecule has 0 bridgehead atoms. The van der Waals surface area contributed by atoms with Crippen LogP contribution in [0.5, 0.6) is 5.75 Å². The molecule has 1 aliphatic heterocycles. The topological polar surface area (TPSA) is 58.6 Å². The Balaban J connectivity index is 1.66. The van der Waals surface area contributed by atoms with E-state index in [-0.39, 0.29) is 17.8 Å². The summed E-state index contributed by atoms with van der Waals surface area (Å²) in [6, 6.07) is 6.83. The summed E-state index contributed by atoms with van der Waals surface area (Å²) in [6.45, 7) is 1.41. The molecule has 0 radical (unpaired) electrons. The molecule has 1 heterocycles. The van der Waals surface area contributed by atoms with Gasteiger partial charge in [0.2, 0.25) is 5.91 Å². The van der Waals surface area contributed by atoms with E-state index >= 15 is 0 Å². The van der Waals surface area contributed by atoms with Crippen LogP contribution in [0.2, 0.25) is 0 Å². The Kier molecular flexibility index (Phi) is 4.90. The number of phenols is 1. The maximum atomic E-state index is 11.6. The first-order chi connectivity index (χ1) is 8.74. The van der Waals surface area contributed by atoms with E-state index in [2.05, 4.69) is 5.32 Å². The molecule has 0 aliphatic carbocycles. The molecule has 1 aromatic carbocycles. The van der Waals surface area contributed by atoms with Crippen molar-refractivity contribution in [3.63, 3.8) is 0 Å². The molecule has 1 aliphatic rings. The van der Waals surface area contributed by atoms with Gasteiger partial charge in [0.1, 0.15) is 5.75 Å². The molecule has 0 unspecified atom stereocenters. The summed E-state index contributed by atoms with van der Waals surface area (Å²) in [4.78, 5) is 12.6. The average Bonchev–Trinajstić information content (AvgIpc) is 2.89. The lowest BCUT2D eigenvalue weighted by molar-refractivity contribution is -0.119. The van der Waals surface area contributed by atoms with Gasteiger partial charge in [-0.15, -0.1) is 11.8 Å². The van der Waals surface area contributed by atoms with Gasteiger partial charge < -0.3 is 15.2 Å². The second kappa shape index (κ2) is 6.66. The van der Waals surface area contributed by atoms with Gasteiger partial charge in [-0.1, -0.05) is 0 Å². The highest BCUT2D eigenvalue weighted by molar-refractivity contribution is 8.00. The summed E-state index contributed by atoms with van der Waals surface area (Å²) in [5, 5.41) is 12.0. The van der Waals surface area contributed by atoms with Gasteiger partial charge in [0.05, 0.1) is 11.9 Å². The predicted octanol–water partition coefficient (Wildman–Crippen LogP) is 1.78. The fourth-order valence-electron chi connectivity index (χ4n) is 1.78. The maximum Gasteiger partial charge on any atom is 0.230 e. The lowest BCUT2D eigenvalue weighted by Crippen LogP contribution is -2.32. The first kappa shape index (κ1) is 13.2. The van der Waals surface area contributed by atoms with Crippen molar-refractivity contribution in [3.8, 4) is 5.75 Å². The normalized spacial score (nSPS) is 18.8. The second-order valence-electron chi connectivity index (χ2n) is 4.22. The zero-order valence-corrected chi connectivity index (χ0v) is 10.9. The molecule has 0 spiro atoms. The summed E-state index contributed by atoms with van der Waals surface area (Å²) >= 11 is 1.46. The van der Waals surface area contributed by atoms with Crippen molar-refractivity contribution in [3.05, 3.63) is 24.3 Å². The number of thioether (sulfide) groups is 1. The number of hydrogen-bond acceptors (Lipinski definition) is 4. The number of ether oxygens (including phenoxy) is 1. The van der Waals surface area contributed by atoms with Crippen LogP contribution in [0.4, 0.5) is 0 Å². The number of phenolic OH excluding ortho intramolecular Hbond substituents is 1. The minimum absolute atomic E-state index is 0.0172. The van der Waals surface area contributed by atoms with Crippen molar-refractivity contribution < 1.29 is 14.6 Å². The number of benzene rings is 1. The number of aromatic hydroxyl groups is 1. The quantitative estimate of drug-likeness (QED) is 0.798. The van der Waals surface area contributed by atoms with E-state index in [0.29, 0.717) is 12.3 Å². The Hall–Kier alpha value is -1.20. The molecule has 1 aromatic rings. The summed E-state index contributed by atoms with van der Waals surface area (Å²) < 4.78 is 5.43. The van der Waals surface area contributed by atoms with Crippen molar-refractivity contribution >= 4 is 17.7 Å². The minimum atomic E-state index is 0.0172. The van der Waals surface area contributed by atoms with Crippen molar-refractivity contribution in [2.24, 2.45) is 0 Å². The van der Waals surface area contributed by atoms with Crippen LogP contribution in [0.3, 0.4) is 0 Å². The van der Waals surface area contributed by atoms with E-state index in [9.17, 15) is 4.79 Å². The van der Waals surface area contributed by atoms with Crippen molar-refractivity contribution in [2.45, 2.75) is 23.8 Å². The van der Waals surface area contributed by atoms with Gasteiger partial charge in [-0.3, -0.25) is 4.79 Å². The molecule has 18 heavy (non-hydrogen) atoms. The summed E-state index contributed by atoms with van der Waals surface area (Å²) in [5.74, 6) is 0.642. The smallest absolute Gasteiger partial charge is 0.230 e.